The molecule has 0 saturated carbocycles. The summed E-state index contributed by atoms with van der Waals surface area (Å²) in [6.45, 7) is 1.76. The molecule has 28 heavy (non-hydrogen) atoms. The van der Waals surface area contributed by atoms with Crippen LogP contribution in [0.4, 0.5) is 5.69 Å². The van der Waals surface area contributed by atoms with Gasteiger partial charge in [0.2, 0.25) is 11.6 Å². The van der Waals surface area contributed by atoms with Crippen molar-refractivity contribution in [2.75, 3.05) is 26.6 Å². The number of para-hydroxylation sites is 1. The van der Waals surface area contributed by atoms with E-state index >= 15 is 0 Å². The van der Waals surface area contributed by atoms with Crippen LogP contribution in [-0.2, 0) is 6.42 Å². The molecular weight excluding hydrogens is 362 g/mol. The molecule has 0 aliphatic rings. The van der Waals surface area contributed by atoms with E-state index in [-0.39, 0.29) is 5.91 Å². The first kappa shape index (κ1) is 19.2. The fourth-order valence-electron chi connectivity index (χ4n) is 2.78. The van der Waals surface area contributed by atoms with Crippen molar-refractivity contribution in [2.24, 2.45) is 0 Å². The maximum atomic E-state index is 12.8. The van der Waals surface area contributed by atoms with Crippen LogP contribution in [0.3, 0.4) is 0 Å². The summed E-state index contributed by atoms with van der Waals surface area (Å²) >= 11 is 0. The average Bonchev–Trinajstić information content (AvgIpc) is 3.12. The van der Waals surface area contributed by atoms with E-state index in [4.69, 9.17) is 18.7 Å². The second-order valence-electron chi connectivity index (χ2n) is 5.94. The normalized spacial score (nSPS) is 10.4. The molecule has 0 unspecified atom stereocenters. The molecule has 8 nitrogen and oxygen atoms in total. The van der Waals surface area contributed by atoms with Crippen LogP contribution in [0.15, 0.2) is 40.9 Å². The molecule has 0 saturated heterocycles. The molecule has 0 radical (unpaired) electrons. The van der Waals surface area contributed by atoms with Gasteiger partial charge in [0, 0.05) is 11.3 Å². The molecule has 146 valence electrons. The Balaban J connectivity index is 1.87. The summed E-state index contributed by atoms with van der Waals surface area (Å²) in [5, 5.41) is 6.71. The molecule has 1 N–H and O–H groups in total. The van der Waals surface area contributed by atoms with Crippen LogP contribution < -0.4 is 19.5 Å². The van der Waals surface area contributed by atoms with Gasteiger partial charge in [0.15, 0.2) is 17.3 Å². The zero-order valence-corrected chi connectivity index (χ0v) is 16.1. The Morgan fingerprint density at radius 3 is 2.32 bits per heavy atom. The summed E-state index contributed by atoms with van der Waals surface area (Å²) in [7, 11) is 4.51. The van der Waals surface area contributed by atoms with E-state index in [9.17, 15) is 4.79 Å². The summed E-state index contributed by atoms with van der Waals surface area (Å²) in [4.78, 5) is 17.1. The van der Waals surface area contributed by atoms with Crippen LogP contribution >= 0.6 is 0 Å². The van der Waals surface area contributed by atoms with Crippen molar-refractivity contribution >= 4 is 11.6 Å². The second-order valence-corrected chi connectivity index (χ2v) is 5.94. The van der Waals surface area contributed by atoms with Crippen molar-refractivity contribution in [3.8, 4) is 17.2 Å². The Bertz CT molecular complexity index is 958. The minimum absolute atomic E-state index is 0.312. The topological polar surface area (TPSA) is 95.7 Å². The zero-order chi connectivity index (χ0) is 20.1. The van der Waals surface area contributed by atoms with Crippen LogP contribution in [0.25, 0.3) is 0 Å². The van der Waals surface area contributed by atoms with Crippen molar-refractivity contribution in [3.05, 3.63) is 59.2 Å². The number of ether oxygens (including phenoxy) is 3. The number of aryl methyl sites for hydroxylation is 1. The number of nitrogens with one attached hydrogen (secondary N) is 1. The molecule has 0 bridgehead atoms. The Morgan fingerprint density at radius 2 is 1.75 bits per heavy atom. The molecule has 1 amide bonds. The van der Waals surface area contributed by atoms with Crippen LogP contribution in [0.2, 0.25) is 0 Å². The first-order valence-electron chi connectivity index (χ1n) is 8.54. The van der Waals surface area contributed by atoms with Gasteiger partial charge in [0.1, 0.15) is 0 Å². The number of hydrogen-bond acceptors (Lipinski definition) is 7. The van der Waals surface area contributed by atoms with Gasteiger partial charge in [-0.15, -0.1) is 0 Å². The number of carbonyl (C=O) groups is 1. The van der Waals surface area contributed by atoms with Gasteiger partial charge >= 0.3 is 0 Å². The molecule has 0 fully saturated rings. The molecule has 8 heteroatoms. The number of amides is 1. The standard InChI is InChI=1S/C20H21N3O5/c1-12-21-18(28-23-12)11-13-7-5-6-8-15(13)22-20(24)14-9-16(25-2)19(27-4)17(10-14)26-3/h5-10H,11H2,1-4H3,(H,22,24). The van der Waals surface area contributed by atoms with Gasteiger partial charge in [-0.3, -0.25) is 4.79 Å². The summed E-state index contributed by atoms with van der Waals surface area (Å²) < 4.78 is 21.1. The number of methoxy groups -OCH3 is 3. The molecule has 0 aliphatic heterocycles. The Kier molecular flexibility index (Phi) is 5.78. The van der Waals surface area contributed by atoms with Gasteiger partial charge in [-0.1, -0.05) is 23.4 Å². The third-order valence-electron chi connectivity index (χ3n) is 4.10. The number of hydrogen-bond donors (Lipinski definition) is 1. The smallest absolute Gasteiger partial charge is 0.255 e. The highest BCUT2D eigenvalue weighted by molar-refractivity contribution is 6.05. The summed E-state index contributed by atoms with van der Waals surface area (Å²) in [5.74, 6) is 1.96. The largest absolute Gasteiger partial charge is 0.493 e. The number of aromatic nitrogens is 2. The quantitative estimate of drug-likeness (QED) is 0.669. The van der Waals surface area contributed by atoms with E-state index in [1.807, 2.05) is 24.3 Å². The second kappa shape index (κ2) is 8.43. The number of rotatable bonds is 7. The third kappa shape index (κ3) is 4.06. The van der Waals surface area contributed by atoms with Crippen molar-refractivity contribution in [3.63, 3.8) is 0 Å². The van der Waals surface area contributed by atoms with Gasteiger partial charge in [0.05, 0.1) is 27.8 Å². The zero-order valence-electron chi connectivity index (χ0n) is 16.1. The van der Waals surface area contributed by atoms with Crippen molar-refractivity contribution in [1.82, 2.24) is 10.1 Å². The molecule has 3 rings (SSSR count). The molecule has 1 aromatic heterocycles. The average molecular weight is 383 g/mol. The van der Waals surface area contributed by atoms with Crippen molar-refractivity contribution in [1.29, 1.82) is 0 Å². The lowest BCUT2D eigenvalue weighted by Crippen LogP contribution is -2.14. The first-order chi connectivity index (χ1) is 13.5. The molecule has 3 aromatic rings. The SMILES string of the molecule is COc1cc(C(=O)Nc2ccccc2Cc2nc(C)no2)cc(OC)c1OC. The monoisotopic (exact) mass is 383 g/mol. The minimum Gasteiger partial charge on any atom is -0.493 e. The van der Waals surface area contributed by atoms with Gasteiger partial charge in [0.25, 0.3) is 5.91 Å². The lowest BCUT2D eigenvalue weighted by molar-refractivity contribution is 0.102. The van der Waals surface area contributed by atoms with E-state index in [1.54, 1.807) is 19.1 Å². The van der Waals surface area contributed by atoms with Gasteiger partial charge in [-0.05, 0) is 30.7 Å². The Hall–Kier alpha value is -3.55. The van der Waals surface area contributed by atoms with Gasteiger partial charge in [-0.25, -0.2) is 0 Å². The lowest BCUT2D eigenvalue weighted by Gasteiger charge is -2.15. The molecule has 1 heterocycles. The van der Waals surface area contributed by atoms with Gasteiger partial charge in [-0.2, -0.15) is 4.98 Å². The molecule has 0 spiro atoms. The Labute approximate surface area is 162 Å². The Morgan fingerprint density at radius 1 is 1.07 bits per heavy atom. The first-order valence-corrected chi connectivity index (χ1v) is 8.54. The van der Waals surface area contributed by atoms with Crippen LogP contribution in [-0.4, -0.2) is 37.4 Å². The van der Waals surface area contributed by atoms with Crippen LogP contribution in [0, 0.1) is 6.92 Å². The summed E-state index contributed by atoms with van der Waals surface area (Å²) in [6, 6.07) is 10.6. The predicted molar refractivity (Wildman–Crippen MR) is 102 cm³/mol. The number of benzene rings is 2. The maximum Gasteiger partial charge on any atom is 0.255 e. The maximum absolute atomic E-state index is 12.8. The van der Waals surface area contributed by atoms with Gasteiger partial charge < -0.3 is 24.1 Å². The van der Waals surface area contributed by atoms with Crippen molar-refractivity contribution < 1.29 is 23.5 Å². The fraction of sp³-hybridized carbons (Fsp3) is 0.250. The van der Waals surface area contributed by atoms with E-state index in [2.05, 4.69) is 15.5 Å². The molecular formula is C20H21N3O5. The highest BCUT2D eigenvalue weighted by Gasteiger charge is 2.18. The minimum atomic E-state index is -0.312. The van der Waals surface area contributed by atoms with E-state index < -0.39 is 0 Å². The lowest BCUT2D eigenvalue weighted by atomic mass is 10.1. The van der Waals surface area contributed by atoms with E-state index in [0.717, 1.165) is 5.56 Å². The number of nitrogens with zero attached hydrogens (tertiary/aromatic N) is 2. The molecule has 2 aromatic carbocycles. The van der Waals surface area contributed by atoms with Crippen LogP contribution in [0.1, 0.15) is 27.6 Å². The van der Waals surface area contributed by atoms with E-state index in [1.165, 1.54) is 21.3 Å². The fourth-order valence-corrected chi connectivity index (χ4v) is 2.78. The molecule has 0 aliphatic carbocycles. The highest BCUT2D eigenvalue weighted by Crippen LogP contribution is 2.38. The number of carbonyl (C=O) groups excluding carboxylic acids is 1. The van der Waals surface area contributed by atoms with Crippen molar-refractivity contribution in [2.45, 2.75) is 13.3 Å². The third-order valence-corrected chi connectivity index (χ3v) is 4.10. The summed E-state index contributed by atoms with van der Waals surface area (Å²) in [5.41, 5.74) is 1.88. The predicted octanol–water partition coefficient (Wildman–Crippen LogP) is 3.25. The number of anilines is 1. The molecule has 0 atom stereocenters. The van der Waals surface area contributed by atoms with Crippen LogP contribution in [0.5, 0.6) is 17.2 Å². The van der Waals surface area contributed by atoms with E-state index in [0.29, 0.717) is 46.6 Å². The highest BCUT2D eigenvalue weighted by atomic mass is 16.5. The summed E-state index contributed by atoms with van der Waals surface area (Å²) in [6.07, 6.45) is 0.409.